The Kier molecular flexibility index (Phi) is 3.69. The largest absolute Gasteiger partial charge is 0.300 e. The summed E-state index contributed by atoms with van der Waals surface area (Å²) in [5, 5.41) is 13.9. The molecule has 0 spiro atoms. The molecule has 1 amide bonds. The molecule has 3 aromatic rings. The van der Waals surface area contributed by atoms with Crippen molar-refractivity contribution < 1.29 is 4.79 Å². The lowest BCUT2D eigenvalue weighted by Gasteiger charge is -2.01. The summed E-state index contributed by atoms with van der Waals surface area (Å²) in [6.45, 7) is 2.11. The molecule has 1 N–H and O–H groups in total. The number of benzene rings is 1. The fourth-order valence-electron chi connectivity index (χ4n) is 1.86. The normalized spacial score (nSPS) is 10.5. The number of rotatable bonds is 4. The zero-order valence-electron chi connectivity index (χ0n) is 11.2. The van der Waals surface area contributed by atoms with E-state index in [1.54, 1.807) is 6.20 Å². The number of aromatic nitrogens is 5. The molecule has 8 heteroatoms. The summed E-state index contributed by atoms with van der Waals surface area (Å²) in [6.07, 6.45) is 3.15. The first kappa shape index (κ1) is 13.4. The maximum absolute atomic E-state index is 11.8. The molecular weight excluding hydrogens is 288 g/mol. The second-order valence-electron chi connectivity index (χ2n) is 4.40. The van der Waals surface area contributed by atoms with Gasteiger partial charge in [0.15, 0.2) is 5.13 Å². The number of aryl methyl sites for hydroxylation is 1. The Morgan fingerprint density at radius 3 is 3.00 bits per heavy atom. The second kappa shape index (κ2) is 5.80. The minimum absolute atomic E-state index is 0.0618. The topological polar surface area (TPSA) is 85.6 Å². The van der Waals surface area contributed by atoms with Gasteiger partial charge < -0.3 is 5.32 Å². The van der Waals surface area contributed by atoms with Gasteiger partial charge in [-0.1, -0.05) is 35.6 Å². The van der Waals surface area contributed by atoms with Gasteiger partial charge in [-0.25, -0.2) is 9.67 Å². The number of tetrazole rings is 1. The predicted octanol–water partition coefficient (Wildman–Crippen LogP) is 1.74. The first-order valence-electron chi connectivity index (χ1n) is 6.25. The minimum atomic E-state index is -0.215. The van der Waals surface area contributed by atoms with Gasteiger partial charge in [-0.2, -0.15) is 0 Å². The third-order valence-corrected chi connectivity index (χ3v) is 3.81. The number of hydrogen-bond acceptors (Lipinski definition) is 6. The van der Waals surface area contributed by atoms with Gasteiger partial charge in [-0.15, -0.1) is 5.10 Å². The molecule has 0 aliphatic rings. The zero-order valence-corrected chi connectivity index (χ0v) is 12.0. The highest BCUT2D eigenvalue weighted by molar-refractivity contribution is 7.19. The van der Waals surface area contributed by atoms with Crippen LogP contribution in [0.15, 0.2) is 36.8 Å². The monoisotopic (exact) mass is 300 g/mol. The van der Waals surface area contributed by atoms with Crippen LogP contribution in [0.25, 0.3) is 10.4 Å². The van der Waals surface area contributed by atoms with Gasteiger partial charge in [-0.3, -0.25) is 4.79 Å². The van der Waals surface area contributed by atoms with Crippen LogP contribution < -0.4 is 5.32 Å². The summed E-state index contributed by atoms with van der Waals surface area (Å²) in [4.78, 5) is 17.1. The molecule has 0 unspecified atom stereocenters. The number of amides is 1. The smallest absolute Gasteiger partial charge is 0.248 e. The van der Waals surface area contributed by atoms with E-state index < -0.39 is 0 Å². The van der Waals surface area contributed by atoms with E-state index in [1.807, 2.05) is 31.2 Å². The fourth-order valence-corrected chi connectivity index (χ4v) is 2.79. The number of nitrogens with zero attached hydrogens (tertiary/aromatic N) is 5. The Hall–Kier alpha value is -2.61. The van der Waals surface area contributed by atoms with Crippen molar-refractivity contribution in [1.82, 2.24) is 25.2 Å². The molecule has 106 valence electrons. The highest BCUT2D eigenvalue weighted by atomic mass is 32.1. The van der Waals surface area contributed by atoms with E-state index in [-0.39, 0.29) is 12.5 Å². The molecule has 3 rings (SSSR count). The van der Waals surface area contributed by atoms with Crippen molar-refractivity contribution >= 4 is 22.4 Å². The quantitative estimate of drug-likeness (QED) is 0.793. The van der Waals surface area contributed by atoms with Crippen molar-refractivity contribution in [2.75, 3.05) is 5.32 Å². The van der Waals surface area contributed by atoms with Gasteiger partial charge in [0.05, 0.1) is 4.88 Å². The summed E-state index contributed by atoms with van der Waals surface area (Å²) < 4.78 is 1.35. The van der Waals surface area contributed by atoms with Crippen LogP contribution in [0, 0.1) is 6.92 Å². The third-order valence-electron chi connectivity index (χ3n) is 2.86. The molecule has 0 radical (unpaired) electrons. The Labute approximate surface area is 124 Å². The number of anilines is 1. The average Bonchev–Trinajstić information content (AvgIpc) is 3.11. The van der Waals surface area contributed by atoms with E-state index in [0.29, 0.717) is 5.13 Å². The van der Waals surface area contributed by atoms with E-state index in [1.165, 1.54) is 27.9 Å². The van der Waals surface area contributed by atoms with Crippen molar-refractivity contribution in [1.29, 1.82) is 0 Å². The van der Waals surface area contributed by atoms with Crippen molar-refractivity contribution in [3.8, 4) is 10.4 Å². The van der Waals surface area contributed by atoms with Crippen molar-refractivity contribution in [2.24, 2.45) is 0 Å². The molecule has 2 aromatic heterocycles. The van der Waals surface area contributed by atoms with Crippen LogP contribution in [0.5, 0.6) is 0 Å². The molecule has 0 aliphatic heterocycles. The molecule has 1 aromatic carbocycles. The standard InChI is InChI=1S/C13H12N6OS/c1-9-4-2-3-5-10(9)11-6-14-13(21-11)16-12(20)7-19-8-15-17-18-19/h2-6,8H,7H2,1H3,(H,14,16,20). The first-order chi connectivity index (χ1) is 10.2. The lowest BCUT2D eigenvalue weighted by atomic mass is 10.1. The van der Waals surface area contributed by atoms with Crippen molar-refractivity contribution in [3.05, 3.63) is 42.4 Å². The maximum atomic E-state index is 11.8. The first-order valence-corrected chi connectivity index (χ1v) is 7.06. The second-order valence-corrected chi connectivity index (χ2v) is 5.43. The number of hydrogen-bond donors (Lipinski definition) is 1. The van der Waals surface area contributed by atoms with E-state index in [9.17, 15) is 4.79 Å². The highest BCUT2D eigenvalue weighted by Gasteiger charge is 2.10. The highest BCUT2D eigenvalue weighted by Crippen LogP contribution is 2.30. The van der Waals surface area contributed by atoms with Crippen LogP contribution in [0.4, 0.5) is 5.13 Å². The van der Waals surface area contributed by atoms with Gasteiger partial charge >= 0.3 is 0 Å². The minimum Gasteiger partial charge on any atom is -0.300 e. The van der Waals surface area contributed by atoms with Crippen LogP contribution in [0.1, 0.15) is 5.56 Å². The molecule has 0 saturated heterocycles. The van der Waals surface area contributed by atoms with Crippen molar-refractivity contribution in [3.63, 3.8) is 0 Å². The summed E-state index contributed by atoms with van der Waals surface area (Å²) in [7, 11) is 0. The van der Waals surface area contributed by atoms with Gasteiger partial charge in [0.2, 0.25) is 5.91 Å². The lowest BCUT2D eigenvalue weighted by molar-refractivity contribution is -0.116. The van der Waals surface area contributed by atoms with Crippen LogP contribution >= 0.6 is 11.3 Å². The molecule has 0 fully saturated rings. The van der Waals surface area contributed by atoms with Gasteiger partial charge in [0.1, 0.15) is 12.9 Å². The average molecular weight is 300 g/mol. The van der Waals surface area contributed by atoms with Crippen molar-refractivity contribution in [2.45, 2.75) is 13.5 Å². The van der Waals surface area contributed by atoms with Gasteiger partial charge in [0.25, 0.3) is 0 Å². The lowest BCUT2D eigenvalue weighted by Crippen LogP contribution is -2.18. The van der Waals surface area contributed by atoms with Gasteiger partial charge in [-0.05, 0) is 28.5 Å². The molecule has 21 heavy (non-hydrogen) atoms. The zero-order chi connectivity index (χ0) is 14.7. The number of carbonyl (C=O) groups excluding carboxylic acids is 1. The summed E-state index contributed by atoms with van der Waals surface area (Å²) >= 11 is 1.44. The van der Waals surface area contributed by atoms with E-state index >= 15 is 0 Å². The molecule has 2 heterocycles. The Bertz CT molecular complexity index is 752. The maximum Gasteiger partial charge on any atom is 0.248 e. The third kappa shape index (κ3) is 3.11. The predicted molar refractivity (Wildman–Crippen MR) is 78.7 cm³/mol. The fraction of sp³-hybridized carbons (Fsp3) is 0.154. The van der Waals surface area contributed by atoms with E-state index in [2.05, 4.69) is 25.8 Å². The molecule has 7 nitrogen and oxygen atoms in total. The van der Waals surface area contributed by atoms with Crippen LogP contribution in [0.2, 0.25) is 0 Å². The van der Waals surface area contributed by atoms with Crippen LogP contribution in [-0.4, -0.2) is 31.1 Å². The number of thiazole rings is 1. The molecule has 0 bridgehead atoms. The summed E-state index contributed by atoms with van der Waals surface area (Å²) in [6, 6.07) is 8.06. The number of carbonyl (C=O) groups is 1. The van der Waals surface area contributed by atoms with Crippen LogP contribution in [0.3, 0.4) is 0 Å². The SMILES string of the molecule is Cc1ccccc1-c1cnc(NC(=O)Cn2cnnn2)s1. The van der Waals surface area contributed by atoms with E-state index in [0.717, 1.165) is 10.4 Å². The molecular formula is C13H12N6OS. The summed E-state index contributed by atoms with van der Waals surface area (Å²) in [5.41, 5.74) is 2.30. The van der Waals surface area contributed by atoms with E-state index in [4.69, 9.17) is 0 Å². The number of nitrogens with one attached hydrogen (secondary N) is 1. The van der Waals surface area contributed by atoms with Gasteiger partial charge in [0, 0.05) is 6.20 Å². The van der Waals surface area contributed by atoms with Crippen LogP contribution in [-0.2, 0) is 11.3 Å². The Morgan fingerprint density at radius 1 is 1.38 bits per heavy atom. The Morgan fingerprint density at radius 2 is 2.24 bits per heavy atom. The molecule has 0 atom stereocenters. The molecule has 0 saturated carbocycles. The molecule has 0 aliphatic carbocycles. The summed E-state index contributed by atoms with van der Waals surface area (Å²) in [5.74, 6) is -0.215. The Balaban J connectivity index is 1.71.